The number of rotatable bonds is 4. The van der Waals surface area contributed by atoms with Crippen molar-refractivity contribution >= 4 is 17.5 Å². The molecule has 1 aliphatic heterocycles. The van der Waals surface area contributed by atoms with Crippen LogP contribution in [0.5, 0.6) is 0 Å². The maximum absolute atomic E-state index is 2.67. The van der Waals surface area contributed by atoms with Gasteiger partial charge in [0.05, 0.1) is 0 Å². The van der Waals surface area contributed by atoms with E-state index in [-0.39, 0.29) is 10.8 Å². The molecule has 4 unspecified atom stereocenters. The topological polar surface area (TPSA) is 8.17 Å². The van der Waals surface area contributed by atoms with Crippen molar-refractivity contribution < 1.29 is 0 Å². The second kappa shape index (κ2) is 8.88. The zero-order valence-corrected chi connectivity index (χ0v) is 25.8. The molecule has 1 aromatic heterocycles. The zero-order valence-electron chi connectivity index (χ0n) is 25.8. The number of benzene rings is 2. The highest BCUT2D eigenvalue weighted by Gasteiger charge is 2.47. The first-order valence-corrected chi connectivity index (χ1v) is 15.3. The Hall–Kier alpha value is -2.74. The fourth-order valence-electron chi connectivity index (χ4n) is 7.95. The third-order valence-electron chi connectivity index (χ3n) is 9.43. The summed E-state index contributed by atoms with van der Waals surface area (Å²) in [5.74, 6) is 3.02. The summed E-state index contributed by atoms with van der Waals surface area (Å²) >= 11 is 0. The Morgan fingerprint density at radius 3 is 2.18 bits per heavy atom. The van der Waals surface area contributed by atoms with Gasteiger partial charge in [-0.2, -0.15) is 0 Å². The van der Waals surface area contributed by atoms with Crippen molar-refractivity contribution in [3.8, 4) is 5.69 Å². The Morgan fingerprint density at radius 1 is 0.846 bits per heavy atom. The number of para-hydroxylation sites is 1. The predicted octanol–water partition coefficient (Wildman–Crippen LogP) is 10.3. The molecule has 206 valence electrons. The molecule has 0 spiro atoms. The summed E-state index contributed by atoms with van der Waals surface area (Å²) in [6.07, 6.45) is 6.23. The predicted molar refractivity (Wildman–Crippen MR) is 168 cm³/mol. The Labute approximate surface area is 237 Å². The van der Waals surface area contributed by atoms with Crippen LogP contribution in [0.1, 0.15) is 121 Å². The number of anilines is 2. The fourth-order valence-corrected chi connectivity index (χ4v) is 7.95. The van der Waals surface area contributed by atoms with E-state index in [2.05, 4.69) is 139 Å². The van der Waals surface area contributed by atoms with Gasteiger partial charge in [0.15, 0.2) is 0 Å². The van der Waals surface area contributed by atoms with Crippen molar-refractivity contribution in [3.63, 3.8) is 0 Å². The first-order valence-electron chi connectivity index (χ1n) is 15.3. The number of nitrogens with zero attached hydrogens (tertiary/aromatic N) is 2. The lowest BCUT2D eigenvalue weighted by molar-refractivity contribution is 0.259. The summed E-state index contributed by atoms with van der Waals surface area (Å²) in [7, 11) is 0. The largest absolute Gasteiger partial charge is 0.337 e. The van der Waals surface area contributed by atoms with Crippen LogP contribution in [0, 0.1) is 17.3 Å². The molecule has 2 heterocycles. The fraction of sp³-hybridized carbons (Fsp3) is 0.514. The molecular formula is C37H48N2. The summed E-state index contributed by atoms with van der Waals surface area (Å²) in [5, 5.41) is 0. The zero-order chi connectivity index (χ0) is 28.0. The summed E-state index contributed by atoms with van der Waals surface area (Å²) in [6.45, 7) is 24.0. The average Bonchev–Trinajstić information content (AvgIpc) is 3.41. The molecule has 1 fully saturated rings. The standard InChI is InChI=1S/C37H48N2/c1-22(2)31-27-16-11-12-17-29(27)38(34(31)36(5,6)7)25-14-13-15-26(21-25)39-30-19-18-24-20-28(24)33(30)32(23(3)4)35(39)37(8,9)10/h11-19,21-24,28,31,34H,20H2,1-10H3. The van der Waals surface area contributed by atoms with Gasteiger partial charge in [-0.25, -0.2) is 0 Å². The normalized spacial score (nSPS) is 23.8. The molecule has 0 N–H and O–H groups in total. The molecule has 2 aromatic carbocycles. The van der Waals surface area contributed by atoms with Crippen molar-refractivity contribution in [1.29, 1.82) is 0 Å². The molecule has 3 aliphatic rings. The molecular weight excluding hydrogens is 472 g/mol. The van der Waals surface area contributed by atoms with Crippen LogP contribution in [-0.4, -0.2) is 10.6 Å². The second-order valence-electron chi connectivity index (χ2n) is 15.2. The number of fused-ring (bicyclic) bond motifs is 4. The van der Waals surface area contributed by atoms with Crippen LogP contribution in [0.2, 0.25) is 0 Å². The molecule has 2 aliphatic carbocycles. The maximum Gasteiger partial charge on any atom is 0.0494 e. The monoisotopic (exact) mass is 520 g/mol. The van der Waals surface area contributed by atoms with E-state index in [9.17, 15) is 0 Å². The molecule has 0 saturated heterocycles. The van der Waals surface area contributed by atoms with Gasteiger partial charge in [-0.1, -0.05) is 99.6 Å². The third-order valence-corrected chi connectivity index (χ3v) is 9.43. The van der Waals surface area contributed by atoms with Crippen molar-refractivity contribution in [2.75, 3.05) is 4.90 Å². The quantitative estimate of drug-likeness (QED) is 0.332. The number of hydrogen-bond donors (Lipinski definition) is 0. The smallest absolute Gasteiger partial charge is 0.0494 e. The van der Waals surface area contributed by atoms with E-state index in [0.29, 0.717) is 29.7 Å². The van der Waals surface area contributed by atoms with Crippen LogP contribution < -0.4 is 4.90 Å². The van der Waals surface area contributed by atoms with E-state index in [1.54, 1.807) is 11.1 Å². The Bertz CT molecular complexity index is 1440. The van der Waals surface area contributed by atoms with Gasteiger partial charge in [0, 0.05) is 45.8 Å². The van der Waals surface area contributed by atoms with Crippen LogP contribution in [0.3, 0.4) is 0 Å². The Kier molecular flexibility index (Phi) is 6.03. The van der Waals surface area contributed by atoms with Crippen LogP contribution in [0.4, 0.5) is 11.4 Å². The van der Waals surface area contributed by atoms with Gasteiger partial charge in [-0.15, -0.1) is 0 Å². The van der Waals surface area contributed by atoms with Crippen molar-refractivity contribution in [2.24, 2.45) is 17.3 Å². The first-order chi connectivity index (χ1) is 18.3. The summed E-state index contributed by atoms with van der Waals surface area (Å²) < 4.78 is 2.63. The summed E-state index contributed by atoms with van der Waals surface area (Å²) in [5.41, 5.74) is 11.8. The lowest BCUT2D eigenvalue weighted by atomic mass is 9.73. The van der Waals surface area contributed by atoms with Crippen molar-refractivity contribution in [1.82, 2.24) is 4.57 Å². The Morgan fingerprint density at radius 2 is 1.54 bits per heavy atom. The van der Waals surface area contributed by atoms with E-state index < -0.39 is 0 Å². The lowest BCUT2D eigenvalue weighted by Crippen LogP contribution is -2.42. The van der Waals surface area contributed by atoms with E-state index in [0.717, 1.165) is 5.92 Å². The van der Waals surface area contributed by atoms with E-state index in [1.807, 2.05) is 0 Å². The maximum atomic E-state index is 2.67. The first kappa shape index (κ1) is 26.5. The number of hydrogen-bond acceptors (Lipinski definition) is 1. The highest BCUT2D eigenvalue weighted by molar-refractivity contribution is 5.75. The van der Waals surface area contributed by atoms with E-state index in [1.165, 1.54) is 40.4 Å². The summed E-state index contributed by atoms with van der Waals surface area (Å²) in [4.78, 5) is 2.67. The average molecular weight is 521 g/mol. The number of aromatic nitrogens is 1. The van der Waals surface area contributed by atoms with Crippen LogP contribution >= 0.6 is 0 Å². The van der Waals surface area contributed by atoms with Gasteiger partial charge >= 0.3 is 0 Å². The minimum absolute atomic E-state index is 0.0438. The minimum Gasteiger partial charge on any atom is -0.337 e. The number of allylic oxidation sites excluding steroid dienone is 1. The van der Waals surface area contributed by atoms with E-state index in [4.69, 9.17) is 0 Å². The van der Waals surface area contributed by atoms with Gasteiger partial charge in [-0.3, -0.25) is 0 Å². The summed E-state index contributed by atoms with van der Waals surface area (Å²) in [6, 6.07) is 19.0. The van der Waals surface area contributed by atoms with Crippen molar-refractivity contribution in [2.45, 2.75) is 105 Å². The van der Waals surface area contributed by atoms with Crippen LogP contribution in [0.15, 0.2) is 54.6 Å². The highest BCUT2D eigenvalue weighted by Crippen LogP contribution is 2.58. The molecule has 3 aromatic rings. The Balaban J connectivity index is 1.58. The van der Waals surface area contributed by atoms with Gasteiger partial charge < -0.3 is 9.47 Å². The van der Waals surface area contributed by atoms with Crippen LogP contribution in [-0.2, 0) is 5.41 Å². The minimum atomic E-state index is 0.0438. The molecule has 6 rings (SSSR count). The molecule has 2 nitrogen and oxygen atoms in total. The second-order valence-corrected chi connectivity index (χ2v) is 15.2. The highest BCUT2D eigenvalue weighted by atomic mass is 15.2. The molecule has 0 radical (unpaired) electrons. The molecule has 0 amide bonds. The van der Waals surface area contributed by atoms with Gasteiger partial charge in [0.1, 0.15) is 0 Å². The van der Waals surface area contributed by atoms with Gasteiger partial charge in [0.25, 0.3) is 0 Å². The molecule has 2 heteroatoms. The van der Waals surface area contributed by atoms with Gasteiger partial charge in [0.2, 0.25) is 0 Å². The molecule has 39 heavy (non-hydrogen) atoms. The van der Waals surface area contributed by atoms with Crippen molar-refractivity contribution in [3.05, 3.63) is 82.7 Å². The third kappa shape index (κ3) is 4.12. The lowest BCUT2D eigenvalue weighted by Gasteiger charge is -2.41. The SMILES string of the molecule is CC(C)c1c2c(n(-c3cccc(N4c5ccccc5C(C(C)C)C4C(C)(C)C)c3)c1C(C)(C)C)C=CC1CC21. The van der Waals surface area contributed by atoms with Crippen LogP contribution in [0.25, 0.3) is 11.8 Å². The van der Waals surface area contributed by atoms with E-state index >= 15 is 0 Å². The molecule has 4 atom stereocenters. The van der Waals surface area contributed by atoms with Gasteiger partial charge in [-0.05, 0) is 82.5 Å². The molecule has 0 bridgehead atoms. The molecule has 1 saturated carbocycles.